The lowest BCUT2D eigenvalue weighted by Gasteiger charge is -2.25. The summed E-state index contributed by atoms with van der Waals surface area (Å²) in [5, 5.41) is 0.688. The Kier molecular flexibility index (Phi) is 4.32. The number of fused-ring (bicyclic) bond motifs is 2. The van der Waals surface area contributed by atoms with Crippen molar-refractivity contribution in [2.45, 2.75) is 30.4 Å². The van der Waals surface area contributed by atoms with Gasteiger partial charge in [-0.15, -0.1) is 0 Å². The average molecular weight is 391 g/mol. The first-order valence-electron chi connectivity index (χ1n) is 8.78. The second kappa shape index (κ2) is 6.43. The van der Waals surface area contributed by atoms with Crippen molar-refractivity contribution in [2.24, 2.45) is 0 Å². The van der Waals surface area contributed by atoms with Gasteiger partial charge in [-0.05, 0) is 30.7 Å². The van der Waals surface area contributed by atoms with E-state index in [4.69, 9.17) is 4.74 Å². The largest absolute Gasteiger partial charge is 0.374 e. The van der Waals surface area contributed by atoms with Gasteiger partial charge in [0.25, 0.3) is 0 Å². The number of aryl methyl sites for hydroxylation is 1. The molecule has 0 unspecified atom stereocenters. The van der Waals surface area contributed by atoms with Crippen LogP contribution in [-0.4, -0.2) is 67.4 Å². The summed E-state index contributed by atoms with van der Waals surface area (Å²) in [6, 6.07) is 5.85. The smallest absolute Gasteiger partial charge is 0.248 e. The first-order valence-corrected chi connectivity index (χ1v) is 10.2. The SMILES string of the molecule is Cc1cc(=O)[nH]c2ccc(S(=O)(=O)N3C[C@@H]4OCCC(=O)N(C)[C@H]4C3)cc12. The molecule has 2 saturated heterocycles. The van der Waals surface area contributed by atoms with Crippen LogP contribution in [0.1, 0.15) is 12.0 Å². The first-order chi connectivity index (χ1) is 12.8. The van der Waals surface area contributed by atoms with Gasteiger partial charge in [0.15, 0.2) is 0 Å². The summed E-state index contributed by atoms with van der Waals surface area (Å²) >= 11 is 0. The number of nitrogens with zero attached hydrogens (tertiary/aromatic N) is 2. The molecule has 2 atom stereocenters. The van der Waals surface area contributed by atoms with E-state index in [0.29, 0.717) is 29.5 Å². The molecule has 144 valence electrons. The zero-order valence-corrected chi connectivity index (χ0v) is 16.0. The van der Waals surface area contributed by atoms with Crippen molar-refractivity contribution in [1.29, 1.82) is 0 Å². The Morgan fingerprint density at radius 3 is 2.74 bits per heavy atom. The minimum atomic E-state index is -3.74. The van der Waals surface area contributed by atoms with Crippen LogP contribution in [0.5, 0.6) is 0 Å². The van der Waals surface area contributed by atoms with Gasteiger partial charge in [0, 0.05) is 37.1 Å². The third kappa shape index (κ3) is 3.05. The second-order valence-corrected chi connectivity index (χ2v) is 9.02. The van der Waals surface area contributed by atoms with Crippen LogP contribution in [0, 0.1) is 6.92 Å². The van der Waals surface area contributed by atoms with Crippen LogP contribution in [0.25, 0.3) is 10.9 Å². The fourth-order valence-electron chi connectivity index (χ4n) is 3.83. The number of H-pyrrole nitrogens is 1. The van der Waals surface area contributed by atoms with Crippen LogP contribution >= 0.6 is 0 Å². The highest BCUT2D eigenvalue weighted by atomic mass is 32.2. The van der Waals surface area contributed by atoms with Gasteiger partial charge in [0.05, 0.1) is 30.1 Å². The summed E-state index contributed by atoms with van der Waals surface area (Å²) < 4.78 is 33.4. The number of nitrogens with one attached hydrogen (secondary N) is 1. The highest BCUT2D eigenvalue weighted by Gasteiger charge is 2.44. The molecule has 0 saturated carbocycles. The van der Waals surface area contributed by atoms with E-state index < -0.39 is 10.0 Å². The van der Waals surface area contributed by atoms with Crippen molar-refractivity contribution in [1.82, 2.24) is 14.2 Å². The number of amides is 1. The van der Waals surface area contributed by atoms with Crippen molar-refractivity contribution in [3.8, 4) is 0 Å². The maximum Gasteiger partial charge on any atom is 0.248 e. The van der Waals surface area contributed by atoms with Gasteiger partial charge in [-0.1, -0.05) is 0 Å². The van der Waals surface area contributed by atoms with E-state index in [9.17, 15) is 18.0 Å². The van der Waals surface area contributed by atoms with E-state index >= 15 is 0 Å². The number of hydrogen-bond donors (Lipinski definition) is 1. The number of aromatic nitrogens is 1. The monoisotopic (exact) mass is 391 g/mol. The lowest BCUT2D eigenvalue weighted by molar-refractivity contribution is -0.130. The Labute approximate surface area is 156 Å². The number of likely N-dealkylation sites (N-methyl/N-ethyl adjacent to an activating group) is 1. The Morgan fingerprint density at radius 1 is 1.19 bits per heavy atom. The fourth-order valence-corrected chi connectivity index (χ4v) is 5.32. The van der Waals surface area contributed by atoms with E-state index in [2.05, 4.69) is 4.98 Å². The minimum absolute atomic E-state index is 0.0352. The number of benzene rings is 1. The Morgan fingerprint density at radius 2 is 1.96 bits per heavy atom. The molecule has 3 heterocycles. The molecule has 27 heavy (non-hydrogen) atoms. The molecule has 1 aromatic carbocycles. The number of ether oxygens (including phenoxy) is 1. The average Bonchev–Trinajstić information content (AvgIpc) is 3.00. The molecule has 0 spiro atoms. The first kappa shape index (κ1) is 18.1. The van der Waals surface area contributed by atoms with E-state index in [1.807, 2.05) is 0 Å². The summed E-state index contributed by atoms with van der Waals surface area (Å²) in [4.78, 5) is 28.1. The third-order valence-electron chi connectivity index (χ3n) is 5.40. The van der Waals surface area contributed by atoms with Crippen molar-refractivity contribution in [2.75, 3.05) is 26.7 Å². The number of carbonyl (C=O) groups excluding carboxylic acids is 1. The molecule has 0 radical (unpaired) electrons. The fraction of sp³-hybridized carbons (Fsp3) is 0.444. The third-order valence-corrected chi connectivity index (χ3v) is 7.23. The molecule has 8 nitrogen and oxygen atoms in total. The van der Waals surface area contributed by atoms with Gasteiger partial charge in [-0.25, -0.2) is 8.42 Å². The predicted molar refractivity (Wildman–Crippen MR) is 99.0 cm³/mol. The number of pyridine rings is 1. The van der Waals surface area contributed by atoms with Crippen molar-refractivity contribution in [3.05, 3.63) is 40.2 Å². The molecule has 9 heteroatoms. The summed E-state index contributed by atoms with van der Waals surface area (Å²) in [6.45, 7) is 2.50. The lowest BCUT2D eigenvalue weighted by atomic mass is 10.1. The zero-order valence-electron chi connectivity index (χ0n) is 15.1. The number of sulfonamides is 1. The predicted octanol–water partition coefficient (Wildman–Crippen LogP) is 0.457. The molecule has 2 aliphatic rings. The van der Waals surface area contributed by atoms with Crippen LogP contribution in [0.3, 0.4) is 0 Å². The quantitative estimate of drug-likeness (QED) is 0.802. The van der Waals surface area contributed by atoms with Crippen molar-refractivity contribution >= 4 is 26.8 Å². The van der Waals surface area contributed by atoms with E-state index in [-0.39, 0.29) is 41.6 Å². The second-order valence-electron chi connectivity index (χ2n) is 7.08. The van der Waals surface area contributed by atoms with Crippen molar-refractivity contribution < 1.29 is 17.9 Å². The number of hydrogen-bond acceptors (Lipinski definition) is 5. The highest BCUT2D eigenvalue weighted by Crippen LogP contribution is 2.28. The summed E-state index contributed by atoms with van der Waals surface area (Å²) in [5.74, 6) is -0.0352. The molecule has 1 N–H and O–H groups in total. The Hall–Kier alpha value is -2.23. The Balaban J connectivity index is 1.69. The summed E-state index contributed by atoms with van der Waals surface area (Å²) in [7, 11) is -2.05. The summed E-state index contributed by atoms with van der Waals surface area (Å²) in [5.41, 5.74) is 1.09. The maximum absolute atomic E-state index is 13.2. The minimum Gasteiger partial charge on any atom is -0.374 e. The maximum atomic E-state index is 13.2. The molecule has 0 bridgehead atoms. The summed E-state index contributed by atoms with van der Waals surface area (Å²) in [6.07, 6.45) is -0.00642. The van der Waals surface area contributed by atoms with Gasteiger partial charge in [-0.2, -0.15) is 4.31 Å². The molecule has 0 aliphatic carbocycles. The van der Waals surface area contributed by atoms with Crippen molar-refractivity contribution in [3.63, 3.8) is 0 Å². The highest BCUT2D eigenvalue weighted by molar-refractivity contribution is 7.89. The normalized spacial score (nSPS) is 24.2. The molecule has 4 rings (SSSR count). The van der Waals surface area contributed by atoms with E-state index in [0.717, 1.165) is 0 Å². The van der Waals surface area contributed by atoms with Crippen LogP contribution < -0.4 is 5.56 Å². The number of aromatic amines is 1. The topological polar surface area (TPSA) is 99.8 Å². The van der Waals surface area contributed by atoms with Crippen LogP contribution in [-0.2, 0) is 19.6 Å². The van der Waals surface area contributed by atoms with E-state index in [1.54, 1.807) is 31.0 Å². The van der Waals surface area contributed by atoms with Crippen LogP contribution in [0.4, 0.5) is 0 Å². The number of rotatable bonds is 2. The van der Waals surface area contributed by atoms with Crippen LogP contribution in [0.15, 0.2) is 34.0 Å². The molecule has 2 aromatic rings. The zero-order chi connectivity index (χ0) is 19.3. The standard InChI is InChI=1S/C18H21N3O5S/c1-11-7-17(22)19-14-4-3-12(8-13(11)14)27(24,25)21-9-15-16(10-21)26-6-5-18(23)20(15)2/h3-4,7-8,15-16H,5-6,9-10H2,1-2H3,(H,19,22)/t15-,16-/m0/s1. The molecule has 2 fully saturated rings. The molecule has 1 amide bonds. The van der Waals surface area contributed by atoms with Gasteiger partial charge < -0.3 is 14.6 Å². The van der Waals surface area contributed by atoms with Crippen LogP contribution in [0.2, 0.25) is 0 Å². The van der Waals surface area contributed by atoms with Gasteiger partial charge in [0.1, 0.15) is 0 Å². The van der Waals surface area contributed by atoms with Gasteiger partial charge in [-0.3, -0.25) is 9.59 Å². The Bertz CT molecular complexity index is 1080. The number of carbonyl (C=O) groups is 1. The van der Waals surface area contributed by atoms with Gasteiger partial charge >= 0.3 is 0 Å². The molecule has 2 aliphatic heterocycles. The molecular weight excluding hydrogens is 370 g/mol. The molecular formula is C18H21N3O5S. The van der Waals surface area contributed by atoms with Gasteiger partial charge in [0.2, 0.25) is 21.5 Å². The molecule has 1 aromatic heterocycles. The lowest BCUT2D eigenvalue weighted by Crippen LogP contribution is -2.43. The van der Waals surface area contributed by atoms with E-state index in [1.165, 1.54) is 16.4 Å².